The normalized spacial score (nSPS) is 12.8. The van der Waals surface area contributed by atoms with E-state index in [1.807, 2.05) is 0 Å². The summed E-state index contributed by atoms with van der Waals surface area (Å²) in [5.74, 6) is -1.75. The van der Waals surface area contributed by atoms with Crippen molar-refractivity contribution < 1.29 is 19.2 Å². The van der Waals surface area contributed by atoms with Gasteiger partial charge in [-0.05, 0) is 25.1 Å². The van der Waals surface area contributed by atoms with Gasteiger partial charge in [-0.1, -0.05) is 12.1 Å². The number of pyridine rings is 1. The predicted molar refractivity (Wildman–Crippen MR) is 91.1 cm³/mol. The number of rotatable bonds is 4. The fourth-order valence-corrected chi connectivity index (χ4v) is 2.91. The molecule has 8 heteroatoms. The van der Waals surface area contributed by atoms with Crippen LogP contribution in [0.15, 0.2) is 35.1 Å². The third-order valence-corrected chi connectivity index (χ3v) is 4.41. The molecule has 1 aliphatic heterocycles. The van der Waals surface area contributed by atoms with E-state index in [1.54, 1.807) is 19.1 Å². The highest BCUT2D eigenvalue weighted by Gasteiger charge is 2.36. The number of imide groups is 1. The number of hydrogen-bond acceptors (Lipinski definition) is 4. The fourth-order valence-electron chi connectivity index (χ4n) is 2.91. The van der Waals surface area contributed by atoms with Crippen LogP contribution < -0.4 is 5.56 Å². The Bertz CT molecular complexity index is 1040. The van der Waals surface area contributed by atoms with Gasteiger partial charge in [0.2, 0.25) is 0 Å². The molecule has 130 valence electrons. The molecule has 1 aromatic heterocycles. The molecule has 0 fully saturated rings. The minimum atomic E-state index is -0.695. The zero-order valence-corrected chi connectivity index (χ0v) is 14.1. The van der Waals surface area contributed by atoms with Crippen LogP contribution in [0.5, 0.6) is 0 Å². The van der Waals surface area contributed by atoms with Crippen LogP contribution in [0.4, 0.5) is 0 Å². The van der Waals surface area contributed by atoms with Gasteiger partial charge in [-0.3, -0.25) is 24.1 Å². The molecule has 0 unspecified atom stereocenters. The SMILES string of the molecule is Cc1cc(C(=O)C=[N+]=[N-])c(CN2C(=O)c3ccccc3C2=O)c(=O)n1C. The largest absolute Gasteiger partial charge is 0.361 e. The summed E-state index contributed by atoms with van der Waals surface area (Å²) in [6.45, 7) is 1.29. The third-order valence-electron chi connectivity index (χ3n) is 4.41. The monoisotopic (exact) mass is 350 g/mol. The van der Waals surface area contributed by atoms with E-state index in [1.165, 1.54) is 29.8 Å². The van der Waals surface area contributed by atoms with Gasteiger partial charge in [0.1, 0.15) is 0 Å². The molecule has 3 rings (SSSR count). The van der Waals surface area contributed by atoms with E-state index >= 15 is 0 Å². The molecule has 2 aromatic rings. The van der Waals surface area contributed by atoms with Crippen molar-refractivity contribution in [3.8, 4) is 0 Å². The van der Waals surface area contributed by atoms with Gasteiger partial charge >= 0.3 is 6.21 Å². The van der Waals surface area contributed by atoms with E-state index < -0.39 is 23.2 Å². The van der Waals surface area contributed by atoms with E-state index in [0.29, 0.717) is 11.9 Å². The lowest BCUT2D eigenvalue weighted by Gasteiger charge is -2.17. The summed E-state index contributed by atoms with van der Waals surface area (Å²) in [7, 11) is 1.53. The van der Waals surface area contributed by atoms with Gasteiger partial charge in [-0.15, -0.1) is 0 Å². The maximum Gasteiger partial charge on any atom is 0.328 e. The van der Waals surface area contributed by atoms with Crippen LogP contribution in [0.2, 0.25) is 0 Å². The van der Waals surface area contributed by atoms with Gasteiger partial charge in [0, 0.05) is 23.9 Å². The first-order chi connectivity index (χ1) is 12.4. The van der Waals surface area contributed by atoms with Crippen molar-refractivity contribution in [3.63, 3.8) is 0 Å². The van der Waals surface area contributed by atoms with Gasteiger partial charge in [0.05, 0.1) is 17.7 Å². The Kier molecular flexibility index (Phi) is 4.19. The summed E-state index contributed by atoms with van der Waals surface area (Å²) in [6, 6.07) is 7.82. The van der Waals surface area contributed by atoms with Gasteiger partial charge in [0.15, 0.2) is 0 Å². The van der Waals surface area contributed by atoms with Crippen molar-refractivity contribution in [2.75, 3.05) is 0 Å². The van der Waals surface area contributed by atoms with Crippen LogP contribution in [-0.2, 0) is 13.6 Å². The summed E-state index contributed by atoms with van der Waals surface area (Å²) < 4.78 is 1.32. The first-order valence-electron chi connectivity index (χ1n) is 7.73. The van der Waals surface area contributed by atoms with E-state index in [0.717, 1.165) is 4.90 Å². The van der Waals surface area contributed by atoms with E-state index in [4.69, 9.17) is 5.53 Å². The van der Waals surface area contributed by atoms with Crippen LogP contribution >= 0.6 is 0 Å². The van der Waals surface area contributed by atoms with Crippen molar-refractivity contribution in [2.45, 2.75) is 13.5 Å². The number of aromatic nitrogens is 1. The molecular formula is C18H14N4O4. The van der Waals surface area contributed by atoms with Gasteiger partial charge in [0.25, 0.3) is 23.2 Å². The number of amides is 2. The highest BCUT2D eigenvalue weighted by molar-refractivity contribution is 6.34. The third kappa shape index (κ3) is 2.58. The molecule has 2 amide bonds. The quantitative estimate of drug-likeness (QED) is 0.269. The predicted octanol–water partition coefficient (Wildman–Crippen LogP) is 0.973. The molecule has 1 aromatic carbocycles. The fraction of sp³-hybridized carbons (Fsp3) is 0.167. The first kappa shape index (κ1) is 17.2. The summed E-state index contributed by atoms with van der Waals surface area (Å²) in [4.78, 5) is 53.5. The number of nitrogens with zero attached hydrogens (tertiary/aromatic N) is 4. The number of hydrogen-bond donors (Lipinski definition) is 0. The maximum atomic E-state index is 12.6. The van der Waals surface area contributed by atoms with Crippen LogP contribution in [-0.4, -0.2) is 38.1 Å². The maximum absolute atomic E-state index is 12.6. The Morgan fingerprint density at radius 3 is 2.27 bits per heavy atom. The van der Waals surface area contributed by atoms with Crippen molar-refractivity contribution in [1.29, 1.82) is 0 Å². The topological polar surface area (TPSA) is 113 Å². The minimum absolute atomic E-state index is 0.0139. The summed E-state index contributed by atoms with van der Waals surface area (Å²) in [6.07, 6.45) is 0.667. The molecule has 2 heterocycles. The molecule has 0 aliphatic carbocycles. The number of Topliss-reactive ketones (excluding diaryl/α,β-unsaturated/α-hetero) is 1. The van der Waals surface area contributed by atoms with Gasteiger partial charge in [-0.2, -0.15) is 4.79 Å². The van der Waals surface area contributed by atoms with Crippen molar-refractivity contribution >= 4 is 23.8 Å². The van der Waals surface area contributed by atoms with E-state index in [-0.39, 0.29) is 28.8 Å². The molecule has 0 radical (unpaired) electrons. The minimum Gasteiger partial charge on any atom is -0.361 e. The lowest BCUT2D eigenvalue weighted by molar-refractivity contribution is 0.00233. The summed E-state index contributed by atoms with van der Waals surface area (Å²) >= 11 is 0. The Balaban J connectivity index is 2.11. The zero-order chi connectivity index (χ0) is 19.0. The molecule has 0 saturated heterocycles. The number of ketones is 1. The number of benzene rings is 1. The summed E-state index contributed by atoms with van der Waals surface area (Å²) in [5.41, 5.74) is 9.10. The standard InChI is InChI=1S/C18H14N4O4/c1-10-7-13(15(23)8-20-19)14(16(24)21(10)2)9-22-17(25)11-5-3-4-6-12(11)18(22)26/h3-8H,9H2,1-2H3. The van der Waals surface area contributed by atoms with Crippen LogP contribution in [0.25, 0.3) is 5.53 Å². The smallest absolute Gasteiger partial charge is 0.328 e. The molecule has 0 bridgehead atoms. The second-order valence-corrected chi connectivity index (χ2v) is 5.89. The molecule has 1 aliphatic rings. The molecule has 0 saturated carbocycles. The van der Waals surface area contributed by atoms with Gasteiger partial charge in [-0.25, -0.2) is 0 Å². The van der Waals surface area contributed by atoms with Crippen LogP contribution in [0.3, 0.4) is 0 Å². The molecular weight excluding hydrogens is 336 g/mol. The highest BCUT2D eigenvalue weighted by Crippen LogP contribution is 2.24. The lowest BCUT2D eigenvalue weighted by atomic mass is 10.0. The number of aryl methyl sites for hydroxylation is 1. The second-order valence-electron chi connectivity index (χ2n) is 5.89. The van der Waals surface area contributed by atoms with E-state index in [9.17, 15) is 19.2 Å². The lowest BCUT2D eigenvalue weighted by Crippen LogP contribution is -2.35. The molecule has 0 atom stereocenters. The highest BCUT2D eigenvalue weighted by atomic mass is 16.2. The Morgan fingerprint density at radius 2 is 1.73 bits per heavy atom. The second kappa shape index (κ2) is 6.34. The average molecular weight is 350 g/mol. The van der Waals surface area contributed by atoms with Crippen molar-refractivity contribution in [2.24, 2.45) is 7.05 Å². The number of fused-ring (bicyclic) bond motifs is 1. The van der Waals surface area contributed by atoms with Crippen molar-refractivity contribution in [3.05, 3.63) is 74.2 Å². The van der Waals surface area contributed by atoms with Gasteiger partial charge < -0.3 is 10.1 Å². The average Bonchev–Trinajstić information content (AvgIpc) is 2.87. The molecule has 8 nitrogen and oxygen atoms in total. The molecule has 0 spiro atoms. The number of carbonyl (C=O) groups excluding carboxylic acids is 3. The Hall–Kier alpha value is -3.64. The van der Waals surface area contributed by atoms with Crippen molar-refractivity contribution in [1.82, 2.24) is 9.47 Å². The van der Waals surface area contributed by atoms with Crippen LogP contribution in [0.1, 0.15) is 42.3 Å². The molecule has 26 heavy (non-hydrogen) atoms. The Morgan fingerprint density at radius 1 is 1.15 bits per heavy atom. The Labute approximate surface area is 147 Å². The summed E-state index contributed by atoms with van der Waals surface area (Å²) in [5, 5.41) is 0. The number of carbonyl (C=O) groups is 3. The zero-order valence-electron chi connectivity index (χ0n) is 14.1. The first-order valence-corrected chi connectivity index (χ1v) is 7.73. The van der Waals surface area contributed by atoms with Crippen LogP contribution in [0, 0.1) is 6.92 Å². The van der Waals surface area contributed by atoms with E-state index in [2.05, 4.69) is 4.79 Å². The molecule has 0 N–H and O–H groups in total.